The van der Waals surface area contributed by atoms with Crippen molar-refractivity contribution >= 4 is 27.7 Å². The van der Waals surface area contributed by atoms with Crippen LogP contribution >= 0.6 is 27.7 Å². The Morgan fingerprint density at radius 2 is 1.87 bits per heavy atom. The third-order valence-electron chi connectivity index (χ3n) is 4.73. The number of fused-ring (bicyclic) bond motifs is 1. The molecule has 2 nitrogen and oxygen atoms in total. The molecule has 3 atom stereocenters. The van der Waals surface area contributed by atoms with E-state index in [1.54, 1.807) is 14.2 Å². The fraction of sp³-hybridized carbons (Fsp3) is 0.684. The van der Waals surface area contributed by atoms with Gasteiger partial charge in [-0.05, 0) is 66.5 Å². The molecule has 0 spiro atoms. The monoisotopic (exact) mass is 400 g/mol. The van der Waals surface area contributed by atoms with E-state index in [-0.39, 0.29) is 0 Å². The number of aryl methyl sites for hydroxylation is 1. The SMILES string of the molecule is COc1cc2c(cc1OC)C(C(C)CCC(C)CBr)SCCC2. The van der Waals surface area contributed by atoms with E-state index < -0.39 is 0 Å². The quantitative estimate of drug-likeness (QED) is 0.532. The number of methoxy groups -OCH3 is 2. The minimum Gasteiger partial charge on any atom is -0.493 e. The molecule has 0 bridgehead atoms. The maximum atomic E-state index is 5.55. The Morgan fingerprint density at radius 1 is 1.17 bits per heavy atom. The van der Waals surface area contributed by atoms with E-state index in [9.17, 15) is 0 Å². The van der Waals surface area contributed by atoms with E-state index in [2.05, 4.69) is 53.7 Å². The molecule has 130 valence electrons. The Bertz CT molecular complexity index is 506. The molecule has 0 aromatic heterocycles. The summed E-state index contributed by atoms with van der Waals surface area (Å²) in [4.78, 5) is 0. The molecule has 1 aliphatic rings. The van der Waals surface area contributed by atoms with Crippen LogP contribution in [-0.2, 0) is 6.42 Å². The highest BCUT2D eigenvalue weighted by molar-refractivity contribution is 9.09. The zero-order valence-corrected chi connectivity index (χ0v) is 17.1. The third kappa shape index (κ3) is 4.82. The van der Waals surface area contributed by atoms with Crippen LogP contribution in [0.2, 0.25) is 0 Å². The van der Waals surface area contributed by atoms with Crippen molar-refractivity contribution in [3.63, 3.8) is 0 Å². The Hall–Kier alpha value is -0.350. The average molecular weight is 401 g/mol. The molecule has 1 aliphatic heterocycles. The largest absolute Gasteiger partial charge is 0.493 e. The molecular weight excluding hydrogens is 372 g/mol. The van der Waals surface area contributed by atoms with Crippen molar-refractivity contribution in [1.29, 1.82) is 0 Å². The van der Waals surface area contributed by atoms with Gasteiger partial charge in [-0.2, -0.15) is 11.8 Å². The van der Waals surface area contributed by atoms with Gasteiger partial charge in [-0.25, -0.2) is 0 Å². The Kier molecular flexibility index (Phi) is 7.61. The van der Waals surface area contributed by atoms with Crippen molar-refractivity contribution in [3.8, 4) is 11.5 Å². The third-order valence-corrected chi connectivity index (χ3v) is 7.44. The number of hydrogen-bond acceptors (Lipinski definition) is 3. The van der Waals surface area contributed by atoms with Crippen LogP contribution in [0.5, 0.6) is 11.5 Å². The molecular formula is C19H29BrO2S. The zero-order valence-electron chi connectivity index (χ0n) is 14.7. The van der Waals surface area contributed by atoms with Crippen LogP contribution < -0.4 is 9.47 Å². The summed E-state index contributed by atoms with van der Waals surface area (Å²) in [6.45, 7) is 4.73. The molecule has 1 heterocycles. The smallest absolute Gasteiger partial charge is 0.161 e. The summed E-state index contributed by atoms with van der Waals surface area (Å²) in [6.07, 6.45) is 4.95. The van der Waals surface area contributed by atoms with Crippen molar-refractivity contribution < 1.29 is 9.47 Å². The zero-order chi connectivity index (χ0) is 16.8. The molecule has 1 aromatic carbocycles. The summed E-state index contributed by atoms with van der Waals surface area (Å²) in [7, 11) is 3.45. The molecule has 0 saturated heterocycles. The van der Waals surface area contributed by atoms with Crippen LogP contribution in [0.15, 0.2) is 12.1 Å². The number of alkyl halides is 1. The van der Waals surface area contributed by atoms with Crippen LogP contribution in [0.4, 0.5) is 0 Å². The lowest BCUT2D eigenvalue weighted by Crippen LogP contribution is -2.10. The minimum atomic E-state index is 0.565. The highest BCUT2D eigenvalue weighted by atomic mass is 79.9. The maximum Gasteiger partial charge on any atom is 0.161 e. The Balaban J connectivity index is 2.25. The topological polar surface area (TPSA) is 18.5 Å². The predicted molar refractivity (Wildman–Crippen MR) is 104 cm³/mol. The molecule has 0 amide bonds. The molecule has 0 saturated carbocycles. The van der Waals surface area contributed by atoms with Gasteiger partial charge in [-0.15, -0.1) is 0 Å². The van der Waals surface area contributed by atoms with Gasteiger partial charge in [0.2, 0.25) is 0 Å². The fourth-order valence-electron chi connectivity index (χ4n) is 3.23. The number of thioether (sulfide) groups is 1. The van der Waals surface area contributed by atoms with Crippen LogP contribution in [0.25, 0.3) is 0 Å². The van der Waals surface area contributed by atoms with Crippen LogP contribution in [0.3, 0.4) is 0 Å². The number of ether oxygens (including phenoxy) is 2. The van der Waals surface area contributed by atoms with Gasteiger partial charge < -0.3 is 9.47 Å². The van der Waals surface area contributed by atoms with Crippen LogP contribution in [-0.4, -0.2) is 25.3 Å². The standard InChI is InChI=1S/C19H29BrO2S/c1-13(12-20)7-8-14(2)19-16-11-18(22-4)17(21-3)10-15(16)6-5-9-23-19/h10-11,13-14,19H,5-9,12H2,1-4H3. The van der Waals surface area contributed by atoms with E-state index in [1.807, 2.05) is 0 Å². The van der Waals surface area contributed by atoms with E-state index in [0.717, 1.165) is 29.2 Å². The number of halogens is 1. The average Bonchev–Trinajstić information content (AvgIpc) is 2.79. The van der Waals surface area contributed by atoms with E-state index in [1.165, 1.54) is 36.1 Å². The second-order valence-electron chi connectivity index (χ2n) is 6.62. The van der Waals surface area contributed by atoms with Crippen LogP contribution in [0.1, 0.15) is 49.5 Å². The summed E-state index contributed by atoms with van der Waals surface area (Å²) >= 11 is 5.72. The van der Waals surface area contributed by atoms with Crippen LogP contribution in [0, 0.1) is 11.8 Å². The Morgan fingerprint density at radius 3 is 2.52 bits per heavy atom. The second kappa shape index (κ2) is 9.22. The molecule has 4 heteroatoms. The summed E-state index contributed by atoms with van der Waals surface area (Å²) in [5, 5.41) is 1.66. The van der Waals surface area contributed by atoms with Gasteiger partial charge in [0.15, 0.2) is 11.5 Å². The maximum absolute atomic E-state index is 5.55. The molecule has 0 aliphatic carbocycles. The first-order chi connectivity index (χ1) is 11.1. The van der Waals surface area contributed by atoms with Gasteiger partial charge in [-0.1, -0.05) is 29.8 Å². The molecule has 0 N–H and O–H groups in total. The summed E-state index contributed by atoms with van der Waals surface area (Å²) in [6, 6.07) is 4.42. The summed E-state index contributed by atoms with van der Waals surface area (Å²) < 4.78 is 11.0. The van der Waals surface area contributed by atoms with Crippen molar-refractivity contribution in [2.75, 3.05) is 25.3 Å². The normalized spacial score (nSPS) is 20.3. The number of hydrogen-bond donors (Lipinski definition) is 0. The molecule has 2 rings (SSSR count). The summed E-state index contributed by atoms with van der Waals surface area (Å²) in [5.74, 6) is 4.38. The highest BCUT2D eigenvalue weighted by Crippen LogP contribution is 2.46. The van der Waals surface area contributed by atoms with Crippen molar-refractivity contribution in [2.45, 2.75) is 44.8 Å². The van der Waals surface area contributed by atoms with Crippen molar-refractivity contribution in [1.82, 2.24) is 0 Å². The van der Waals surface area contributed by atoms with E-state index in [4.69, 9.17) is 9.47 Å². The predicted octanol–water partition coefficient (Wildman–Crippen LogP) is 5.87. The molecule has 3 unspecified atom stereocenters. The lowest BCUT2D eigenvalue weighted by atomic mass is 9.89. The first-order valence-electron chi connectivity index (χ1n) is 8.53. The number of rotatable bonds is 7. The van der Waals surface area contributed by atoms with E-state index in [0.29, 0.717) is 11.2 Å². The first kappa shape index (κ1) is 19.0. The second-order valence-corrected chi connectivity index (χ2v) is 8.51. The highest BCUT2D eigenvalue weighted by Gasteiger charge is 2.26. The van der Waals surface area contributed by atoms with Gasteiger partial charge in [0.05, 0.1) is 14.2 Å². The van der Waals surface area contributed by atoms with Gasteiger partial charge in [0, 0.05) is 10.6 Å². The Labute approximate surface area is 153 Å². The molecule has 0 fully saturated rings. The first-order valence-corrected chi connectivity index (χ1v) is 10.7. The van der Waals surface area contributed by atoms with E-state index >= 15 is 0 Å². The van der Waals surface area contributed by atoms with Gasteiger partial charge in [0.25, 0.3) is 0 Å². The lowest BCUT2D eigenvalue weighted by Gasteiger charge is -2.26. The lowest BCUT2D eigenvalue weighted by molar-refractivity contribution is 0.353. The van der Waals surface area contributed by atoms with Crippen molar-refractivity contribution in [3.05, 3.63) is 23.3 Å². The molecule has 23 heavy (non-hydrogen) atoms. The summed E-state index contributed by atoms with van der Waals surface area (Å²) in [5.41, 5.74) is 2.90. The minimum absolute atomic E-state index is 0.565. The van der Waals surface area contributed by atoms with Gasteiger partial charge >= 0.3 is 0 Å². The number of benzene rings is 1. The van der Waals surface area contributed by atoms with Gasteiger partial charge in [0.1, 0.15) is 0 Å². The van der Waals surface area contributed by atoms with Crippen molar-refractivity contribution in [2.24, 2.45) is 11.8 Å². The molecule has 1 aromatic rings. The fourth-order valence-corrected chi connectivity index (χ4v) is 4.98. The molecule has 0 radical (unpaired) electrons. The van der Waals surface area contributed by atoms with Gasteiger partial charge in [-0.3, -0.25) is 0 Å².